The van der Waals surface area contributed by atoms with Gasteiger partial charge in [0, 0.05) is 12.6 Å². The van der Waals surface area contributed by atoms with E-state index >= 15 is 0 Å². The first-order chi connectivity index (χ1) is 18.9. The summed E-state index contributed by atoms with van der Waals surface area (Å²) < 4.78 is 34.2. The molecule has 0 bridgehead atoms. The Kier molecular flexibility index (Phi) is 10.3. The number of carbonyl (C=O) groups is 2. The van der Waals surface area contributed by atoms with Crippen LogP contribution in [0.5, 0.6) is 5.75 Å². The van der Waals surface area contributed by atoms with Crippen LogP contribution in [0.1, 0.15) is 51.7 Å². The smallest absolute Gasteiger partial charge is 0.264 e. The second-order valence-electron chi connectivity index (χ2n) is 10.3. The Morgan fingerprint density at radius 3 is 2.10 bits per heavy atom. The van der Waals surface area contributed by atoms with E-state index in [1.807, 2.05) is 32.0 Å². The summed E-state index contributed by atoms with van der Waals surface area (Å²) in [6.45, 7) is 9.04. The van der Waals surface area contributed by atoms with Crippen molar-refractivity contribution in [1.82, 2.24) is 10.2 Å². The molecule has 2 amide bonds. The van der Waals surface area contributed by atoms with Gasteiger partial charge in [0.1, 0.15) is 18.3 Å². The topological polar surface area (TPSA) is 96.0 Å². The molecule has 0 saturated heterocycles. The van der Waals surface area contributed by atoms with E-state index in [0.717, 1.165) is 15.4 Å². The highest BCUT2D eigenvalue weighted by Crippen LogP contribution is 2.27. The maximum Gasteiger partial charge on any atom is 0.264 e. The first-order valence-electron chi connectivity index (χ1n) is 13.3. The first kappa shape index (κ1) is 30.7. The van der Waals surface area contributed by atoms with Crippen LogP contribution in [-0.2, 0) is 26.2 Å². The average Bonchev–Trinajstić information content (AvgIpc) is 2.94. The van der Waals surface area contributed by atoms with Gasteiger partial charge in [0.05, 0.1) is 17.7 Å². The number of carbonyl (C=O) groups excluding carboxylic acids is 2. The van der Waals surface area contributed by atoms with Crippen molar-refractivity contribution in [3.05, 3.63) is 90.0 Å². The van der Waals surface area contributed by atoms with E-state index in [1.165, 1.54) is 17.0 Å². The largest absolute Gasteiger partial charge is 0.497 e. The van der Waals surface area contributed by atoms with Gasteiger partial charge in [-0.2, -0.15) is 0 Å². The van der Waals surface area contributed by atoms with E-state index in [-0.39, 0.29) is 29.3 Å². The lowest BCUT2D eigenvalue weighted by molar-refractivity contribution is -0.139. The van der Waals surface area contributed by atoms with Gasteiger partial charge in [0.2, 0.25) is 11.8 Å². The molecule has 3 aromatic carbocycles. The summed E-state index contributed by atoms with van der Waals surface area (Å²) in [5.74, 6) is 0.0305. The molecule has 0 aliphatic rings. The van der Waals surface area contributed by atoms with Crippen molar-refractivity contribution in [3.8, 4) is 5.75 Å². The summed E-state index contributed by atoms with van der Waals surface area (Å²) >= 11 is 0. The number of benzene rings is 3. The predicted octanol–water partition coefficient (Wildman–Crippen LogP) is 4.96. The van der Waals surface area contributed by atoms with Crippen LogP contribution < -0.4 is 14.4 Å². The van der Waals surface area contributed by atoms with Crippen LogP contribution in [0.4, 0.5) is 5.69 Å². The summed E-state index contributed by atoms with van der Waals surface area (Å²) in [5.41, 5.74) is 2.16. The molecule has 1 atom stereocenters. The molecule has 0 fully saturated rings. The fraction of sp³-hybridized carbons (Fsp3) is 0.355. The Bertz CT molecular complexity index is 1390. The van der Waals surface area contributed by atoms with Gasteiger partial charge in [-0.25, -0.2) is 8.42 Å². The van der Waals surface area contributed by atoms with Gasteiger partial charge in [-0.15, -0.1) is 0 Å². The molecule has 0 radical (unpaired) electrons. The third-order valence-corrected chi connectivity index (χ3v) is 8.33. The van der Waals surface area contributed by atoms with E-state index in [4.69, 9.17) is 4.74 Å². The fourth-order valence-corrected chi connectivity index (χ4v) is 5.66. The average molecular weight is 566 g/mol. The van der Waals surface area contributed by atoms with Crippen molar-refractivity contribution in [2.45, 2.75) is 64.1 Å². The number of hydrogen-bond donors (Lipinski definition) is 1. The second-order valence-corrected chi connectivity index (χ2v) is 12.1. The monoisotopic (exact) mass is 565 g/mol. The molecule has 0 spiro atoms. The summed E-state index contributed by atoms with van der Waals surface area (Å²) in [6, 6.07) is 21.4. The van der Waals surface area contributed by atoms with Gasteiger partial charge in [-0.1, -0.05) is 56.3 Å². The van der Waals surface area contributed by atoms with Crippen LogP contribution in [0.25, 0.3) is 0 Å². The number of amides is 2. The van der Waals surface area contributed by atoms with E-state index in [2.05, 4.69) is 19.2 Å². The molecule has 0 saturated carbocycles. The molecule has 0 heterocycles. The third kappa shape index (κ3) is 7.63. The third-order valence-electron chi connectivity index (χ3n) is 6.54. The molecule has 0 aliphatic carbocycles. The van der Waals surface area contributed by atoms with E-state index in [1.54, 1.807) is 62.6 Å². The summed E-state index contributed by atoms with van der Waals surface area (Å²) in [4.78, 5) is 28.5. The molecule has 1 unspecified atom stereocenters. The lowest BCUT2D eigenvalue weighted by atomic mass is 10.0. The Morgan fingerprint density at radius 2 is 1.52 bits per heavy atom. The van der Waals surface area contributed by atoms with Gasteiger partial charge in [-0.3, -0.25) is 13.9 Å². The highest BCUT2D eigenvalue weighted by atomic mass is 32.2. The molecule has 0 aliphatic heterocycles. The quantitative estimate of drug-likeness (QED) is 0.335. The van der Waals surface area contributed by atoms with Crippen molar-refractivity contribution >= 4 is 27.5 Å². The Morgan fingerprint density at radius 1 is 0.875 bits per heavy atom. The van der Waals surface area contributed by atoms with Gasteiger partial charge in [0.15, 0.2) is 0 Å². The van der Waals surface area contributed by atoms with Crippen LogP contribution in [0, 0.1) is 0 Å². The molecule has 0 aromatic heterocycles. The van der Waals surface area contributed by atoms with Crippen LogP contribution in [0.15, 0.2) is 83.8 Å². The highest BCUT2D eigenvalue weighted by Gasteiger charge is 2.32. The zero-order valence-electron chi connectivity index (χ0n) is 24.0. The van der Waals surface area contributed by atoms with E-state index < -0.39 is 28.5 Å². The normalized spacial score (nSPS) is 12.2. The number of methoxy groups -OCH3 is 1. The van der Waals surface area contributed by atoms with Crippen LogP contribution in [-0.4, -0.2) is 50.9 Å². The van der Waals surface area contributed by atoms with Gasteiger partial charge >= 0.3 is 0 Å². The first-order valence-corrected chi connectivity index (χ1v) is 14.8. The highest BCUT2D eigenvalue weighted by molar-refractivity contribution is 7.92. The number of nitrogens with zero attached hydrogens (tertiary/aromatic N) is 2. The standard InChI is InChI=1S/C31H39N3O5S/c1-22(2)26-15-17-27(18-16-26)34(40(37,38)29-13-8-7-9-14-29)21-30(35)33(24(5)31(36)32-23(3)4)20-25-11-10-12-28(19-25)39-6/h7-19,22-24H,20-21H2,1-6H3,(H,32,36). The minimum Gasteiger partial charge on any atom is -0.497 e. The van der Waals surface area contributed by atoms with Crippen molar-refractivity contribution in [2.24, 2.45) is 0 Å². The molecule has 3 rings (SSSR count). The van der Waals surface area contributed by atoms with Gasteiger partial charge in [0.25, 0.3) is 10.0 Å². The Labute approximate surface area is 238 Å². The van der Waals surface area contributed by atoms with Crippen molar-refractivity contribution in [1.29, 1.82) is 0 Å². The van der Waals surface area contributed by atoms with Gasteiger partial charge < -0.3 is 15.0 Å². The second kappa shape index (κ2) is 13.5. The number of rotatable bonds is 12. The molecular formula is C31H39N3O5S. The number of sulfonamides is 1. The summed E-state index contributed by atoms with van der Waals surface area (Å²) in [5, 5.41) is 2.85. The van der Waals surface area contributed by atoms with Gasteiger partial charge in [-0.05, 0) is 74.2 Å². The van der Waals surface area contributed by atoms with Crippen molar-refractivity contribution in [3.63, 3.8) is 0 Å². The summed E-state index contributed by atoms with van der Waals surface area (Å²) in [6.07, 6.45) is 0. The molecule has 8 nitrogen and oxygen atoms in total. The number of anilines is 1. The maximum atomic E-state index is 14.0. The molecule has 40 heavy (non-hydrogen) atoms. The molecule has 3 aromatic rings. The SMILES string of the molecule is COc1cccc(CN(C(=O)CN(c2ccc(C(C)C)cc2)S(=O)(=O)c2ccccc2)C(C)C(=O)NC(C)C)c1. The minimum absolute atomic E-state index is 0.0701. The number of nitrogens with one attached hydrogen (secondary N) is 1. The lowest BCUT2D eigenvalue weighted by Crippen LogP contribution is -2.52. The summed E-state index contributed by atoms with van der Waals surface area (Å²) in [7, 11) is -2.55. The Hall–Kier alpha value is -3.85. The van der Waals surface area contributed by atoms with Crippen molar-refractivity contribution in [2.75, 3.05) is 18.0 Å². The zero-order valence-corrected chi connectivity index (χ0v) is 24.8. The fourth-order valence-electron chi connectivity index (χ4n) is 4.23. The Balaban J connectivity index is 2.04. The molecular weight excluding hydrogens is 526 g/mol. The number of ether oxygens (including phenoxy) is 1. The van der Waals surface area contributed by atoms with E-state index in [9.17, 15) is 18.0 Å². The van der Waals surface area contributed by atoms with Crippen molar-refractivity contribution < 1.29 is 22.7 Å². The lowest BCUT2D eigenvalue weighted by Gasteiger charge is -2.32. The van der Waals surface area contributed by atoms with E-state index in [0.29, 0.717) is 11.4 Å². The molecule has 1 N–H and O–H groups in total. The van der Waals surface area contributed by atoms with Crippen LogP contribution in [0.2, 0.25) is 0 Å². The molecule has 9 heteroatoms. The predicted molar refractivity (Wildman–Crippen MR) is 158 cm³/mol. The minimum atomic E-state index is -4.10. The maximum absolute atomic E-state index is 14.0. The molecule has 214 valence electrons. The van der Waals surface area contributed by atoms with Crippen LogP contribution >= 0.6 is 0 Å². The zero-order chi connectivity index (χ0) is 29.4. The van der Waals surface area contributed by atoms with Crippen LogP contribution in [0.3, 0.4) is 0 Å². The number of hydrogen-bond acceptors (Lipinski definition) is 5.